The topological polar surface area (TPSA) is 71.5 Å². The number of pyridine rings is 1. The minimum absolute atomic E-state index is 0.0559. The van der Waals surface area contributed by atoms with Crippen LogP contribution < -0.4 is 0 Å². The lowest BCUT2D eigenvalue weighted by atomic mass is 9.94. The quantitative estimate of drug-likeness (QED) is 0.578. The van der Waals surface area contributed by atoms with Crippen LogP contribution in [0.3, 0.4) is 0 Å². The van der Waals surface area contributed by atoms with Crippen molar-refractivity contribution in [3.05, 3.63) is 66.2 Å². The van der Waals surface area contributed by atoms with E-state index < -0.39 is 0 Å². The van der Waals surface area contributed by atoms with Crippen LogP contribution in [0.4, 0.5) is 0 Å². The highest BCUT2D eigenvalue weighted by Gasteiger charge is 2.33. The Bertz CT molecular complexity index is 1070. The number of nitrogens with zero attached hydrogens (tertiary/aromatic N) is 5. The molecule has 2 fully saturated rings. The van der Waals surface area contributed by atoms with Gasteiger partial charge in [-0.25, -0.2) is 0 Å². The summed E-state index contributed by atoms with van der Waals surface area (Å²) in [5, 5.41) is 0. The number of benzene rings is 1. The molecule has 1 saturated carbocycles. The van der Waals surface area contributed by atoms with Crippen molar-refractivity contribution in [3.8, 4) is 0 Å². The zero-order chi connectivity index (χ0) is 22.5. The van der Waals surface area contributed by atoms with Gasteiger partial charge in [-0.05, 0) is 36.1 Å². The second-order valence-corrected chi connectivity index (χ2v) is 9.14. The normalized spacial score (nSPS) is 20.8. The summed E-state index contributed by atoms with van der Waals surface area (Å²) in [5.41, 5.74) is 3.91. The van der Waals surface area contributed by atoms with E-state index in [1.807, 2.05) is 30.5 Å². The summed E-state index contributed by atoms with van der Waals surface area (Å²) in [6, 6.07) is 10.4. The maximum Gasteiger partial charge on any atom is 0.237 e. The van der Waals surface area contributed by atoms with Gasteiger partial charge in [0, 0.05) is 50.5 Å². The molecular weight excluding hydrogens is 414 g/mol. The van der Waals surface area contributed by atoms with Gasteiger partial charge in [0.05, 0.1) is 30.3 Å². The molecule has 0 radical (unpaired) electrons. The summed E-state index contributed by atoms with van der Waals surface area (Å²) < 4.78 is 6.37. The minimum Gasteiger partial charge on any atom is -0.370 e. The lowest BCUT2D eigenvalue weighted by Gasteiger charge is -2.35. The number of hydrogen-bond acceptors (Lipinski definition) is 6. The molecule has 0 bridgehead atoms. The molecule has 1 aromatic carbocycles. The lowest BCUT2D eigenvalue weighted by molar-refractivity contribution is -0.135. The van der Waals surface area contributed by atoms with Crippen LogP contribution in [0.2, 0.25) is 0 Å². The number of carbonyl (C=O) groups is 1. The van der Waals surface area contributed by atoms with Crippen LogP contribution in [0, 0.1) is 0 Å². The standard InChI is InChI=1S/C26H31N5O2/c32-25-18-30(15-21-7-4-10-24-26(21)29-13-12-28-24)16-23(33-19-20-6-5-11-27-14-20)17-31(25)22-8-2-1-3-9-22/h4-7,10-14,22-23H,1-3,8-9,15-19H2. The van der Waals surface area contributed by atoms with Gasteiger partial charge in [-0.1, -0.05) is 37.5 Å². The Kier molecular flexibility index (Phi) is 6.88. The van der Waals surface area contributed by atoms with Crippen LogP contribution in [-0.2, 0) is 22.7 Å². The van der Waals surface area contributed by atoms with Crippen molar-refractivity contribution in [1.82, 2.24) is 24.8 Å². The Labute approximate surface area is 194 Å². The highest BCUT2D eigenvalue weighted by Crippen LogP contribution is 2.26. The number of aromatic nitrogens is 3. The molecule has 1 aliphatic carbocycles. The Hall–Kier alpha value is -2.90. The molecule has 1 saturated heterocycles. The monoisotopic (exact) mass is 445 g/mol. The highest BCUT2D eigenvalue weighted by atomic mass is 16.5. The maximum absolute atomic E-state index is 13.4. The van der Waals surface area contributed by atoms with Gasteiger partial charge in [0.2, 0.25) is 5.91 Å². The second-order valence-electron chi connectivity index (χ2n) is 9.14. The van der Waals surface area contributed by atoms with Gasteiger partial charge in [0.25, 0.3) is 0 Å². The van der Waals surface area contributed by atoms with E-state index >= 15 is 0 Å². The average Bonchev–Trinajstić information content (AvgIpc) is 3.02. The third kappa shape index (κ3) is 5.37. The van der Waals surface area contributed by atoms with Crippen molar-refractivity contribution in [2.24, 2.45) is 0 Å². The zero-order valence-electron chi connectivity index (χ0n) is 19.0. The molecule has 1 aliphatic heterocycles. The van der Waals surface area contributed by atoms with Gasteiger partial charge >= 0.3 is 0 Å². The molecular formula is C26H31N5O2. The summed E-state index contributed by atoms with van der Waals surface area (Å²) in [6.45, 7) is 2.90. The number of carbonyl (C=O) groups excluding carboxylic acids is 1. The molecule has 2 aromatic heterocycles. The van der Waals surface area contributed by atoms with Gasteiger partial charge in [-0.3, -0.25) is 24.6 Å². The molecule has 7 heteroatoms. The maximum atomic E-state index is 13.4. The summed E-state index contributed by atoms with van der Waals surface area (Å²) in [6.07, 6.45) is 12.9. The van der Waals surface area contributed by atoms with Gasteiger partial charge < -0.3 is 9.64 Å². The van der Waals surface area contributed by atoms with Gasteiger partial charge in [0.1, 0.15) is 0 Å². The number of para-hydroxylation sites is 1. The first kappa shape index (κ1) is 21.9. The van der Waals surface area contributed by atoms with Crippen molar-refractivity contribution in [2.45, 2.75) is 57.4 Å². The summed E-state index contributed by atoms with van der Waals surface area (Å²) in [5.74, 6) is 0.209. The van der Waals surface area contributed by atoms with Crippen LogP contribution in [0.15, 0.2) is 55.1 Å². The fourth-order valence-electron chi connectivity index (χ4n) is 5.10. The van der Waals surface area contributed by atoms with Crippen molar-refractivity contribution in [1.29, 1.82) is 0 Å². The lowest BCUT2D eigenvalue weighted by Crippen LogP contribution is -2.45. The first-order valence-corrected chi connectivity index (χ1v) is 12.0. The van der Waals surface area contributed by atoms with E-state index in [0.29, 0.717) is 38.8 Å². The average molecular weight is 446 g/mol. The zero-order valence-corrected chi connectivity index (χ0v) is 19.0. The first-order chi connectivity index (χ1) is 16.3. The van der Waals surface area contributed by atoms with Crippen LogP contribution in [0.25, 0.3) is 11.0 Å². The third-order valence-corrected chi connectivity index (χ3v) is 6.74. The minimum atomic E-state index is -0.0559. The SMILES string of the molecule is O=C1CN(Cc2cccc3nccnc23)CC(OCc2cccnc2)CN1C1CCCCC1. The molecule has 7 nitrogen and oxygen atoms in total. The molecule has 3 aromatic rings. The number of hydrogen-bond donors (Lipinski definition) is 0. The van der Waals surface area contributed by atoms with E-state index in [-0.39, 0.29) is 12.0 Å². The molecule has 3 heterocycles. The molecule has 1 amide bonds. The molecule has 1 atom stereocenters. The van der Waals surface area contributed by atoms with Gasteiger partial charge in [0.15, 0.2) is 0 Å². The van der Waals surface area contributed by atoms with E-state index in [1.165, 1.54) is 19.3 Å². The molecule has 1 unspecified atom stereocenters. The van der Waals surface area contributed by atoms with E-state index in [9.17, 15) is 4.79 Å². The predicted octanol–water partition coefficient (Wildman–Crippen LogP) is 3.59. The van der Waals surface area contributed by atoms with Gasteiger partial charge in [-0.15, -0.1) is 0 Å². The number of rotatable bonds is 6. The Balaban J connectivity index is 1.36. The van der Waals surface area contributed by atoms with Crippen molar-refractivity contribution in [3.63, 3.8) is 0 Å². The molecule has 0 spiro atoms. The summed E-state index contributed by atoms with van der Waals surface area (Å²) >= 11 is 0. The van der Waals surface area contributed by atoms with E-state index in [2.05, 4.69) is 30.8 Å². The van der Waals surface area contributed by atoms with E-state index in [1.54, 1.807) is 18.6 Å². The number of ether oxygens (including phenoxy) is 1. The molecule has 0 N–H and O–H groups in total. The van der Waals surface area contributed by atoms with Crippen LogP contribution in [-0.4, -0.2) is 62.4 Å². The predicted molar refractivity (Wildman–Crippen MR) is 126 cm³/mol. The third-order valence-electron chi connectivity index (χ3n) is 6.74. The van der Waals surface area contributed by atoms with Crippen molar-refractivity contribution >= 4 is 16.9 Å². The Morgan fingerprint density at radius 1 is 0.970 bits per heavy atom. The summed E-state index contributed by atoms with van der Waals surface area (Å²) in [7, 11) is 0. The van der Waals surface area contributed by atoms with Crippen molar-refractivity contribution < 1.29 is 9.53 Å². The highest BCUT2D eigenvalue weighted by molar-refractivity contribution is 5.80. The fraction of sp³-hybridized carbons (Fsp3) is 0.462. The Morgan fingerprint density at radius 2 is 1.85 bits per heavy atom. The molecule has 33 heavy (non-hydrogen) atoms. The molecule has 5 rings (SSSR count). The second kappa shape index (κ2) is 10.4. The molecule has 2 aliphatic rings. The largest absolute Gasteiger partial charge is 0.370 e. The number of amides is 1. The van der Waals surface area contributed by atoms with E-state index in [4.69, 9.17) is 4.74 Å². The van der Waals surface area contributed by atoms with Crippen LogP contribution in [0.1, 0.15) is 43.2 Å². The summed E-state index contributed by atoms with van der Waals surface area (Å²) in [4.78, 5) is 30.9. The molecule has 172 valence electrons. The van der Waals surface area contributed by atoms with Crippen LogP contribution in [0.5, 0.6) is 0 Å². The number of fused-ring (bicyclic) bond motifs is 1. The smallest absolute Gasteiger partial charge is 0.237 e. The van der Waals surface area contributed by atoms with Crippen LogP contribution >= 0.6 is 0 Å². The van der Waals surface area contributed by atoms with E-state index in [0.717, 1.165) is 35.0 Å². The Morgan fingerprint density at radius 3 is 2.70 bits per heavy atom. The fourth-order valence-corrected chi connectivity index (χ4v) is 5.10. The van der Waals surface area contributed by atoms with Crippen molar-refractivity contribution in [2.75, 3.05) is 19.6 Å². The van der Waals surface area contributed by atoms with Gasteiger partial charge in [-0.2, -0.15) is 0 Å². The first-order valence-electron chi connectivity index (χ1n) is 12.0.